The quantitative estimate of drug-likeness (QED) is 0.676. The van der Waals surface area contributed by atoms with Crippen molar-refractivity contribution in [2.75, 3.05) is 4.90 Å². The number of hydrogen-bond acceptors (Lipinski definition) is 2. The first-order chi connectivity index (χ1) is 7.61. The molecule has 0 aliphatic carbocycles. The van der Waals surface area contributed by atoms with E-state index in [0.717, 1.165) is 0 Å². The molecular weight excluding hydrogens is 202 g/mol. The summed E-state index contributed by atoms with van der Waals surface area (Å²) in [5.74, 6) is -0.329. The molecule has 2 amide bonds. The van der Waals surface area contributed by atoms with E-state index in [-0.39, 0.29) is 23.7 Å². The van der Waals surface area contributed by atoms with Gasteiger partial charge in [0.2, 0.25) is 11.8 Å². The van der Waals surface area contributed by atoms with Gasteiger partial charge in [0.1, 0.15) is 0 Å². The first-order valence-electron chi connectivity index (χ1n) is 5.54. The molecule has 3 heteroatoms. The van der Waals surface area contributed by atoms with Crippen LogP contribution in [0.3, 0.4) is 0 Å². The lowest BCUT2D eigenvalue weighted by atomic mass is 9.90. The third-order valence-electron chi connectivity index (χ3n) is 3.01. The van der Waals surface area contributed by atoms with Crippen molar-refractivity contribution < 1.29 is 9.59 Å². The van der Waals surface area contributed by atoms with Gasteiger partial charge in [0.05, 0.1) is 5.69 Å². The Balaban J connectivity index is 2.38. The minimum absolute atomic E-state index is 0.0760. The fourth-order valence-corrected chi connectivity index (χ4v) is 2.11. The Hall–Kier alpha value is -1.64. The Morgan fingerprint density at radius 2 is 1.50 bits per heavy atom. The highest BCUT2D eigenvalue weighted by atomic mass is 16.2. The van der Waals surface area contributed by atoms with E-state index in [1.807, 2.05) is 32.0 Å². The van der Waals surface area contributed by atoms with Crippen LogP contribution in [0.25, 0.3) is 0 Å². The molecule has 2 atom stereocenters. The Morgan fingerprint density at radius 1 is 1.00 bits per heavy atom. The summed E-state index contributed by atoms with van der Waals surface area (Å²) in [6.07, 6.45) is 0.654. The average Bonchev–Trinajstić information content (AvgIpc) is 2.28. The van der Waals surface area contributed by atoms with Crippen LogP contribution in [0.1, 0.15) is 20.3 Å². The van der Waals surface area contributed by atoms with Gasteiger partial charge in [-0.2, -0.15) is 0 Å². The zero-order valence-corrected chi connectivity index (χ0v) is 9.51. The Labute approximate surface area is 95.1 Å². The Morgan fingerprint density at radius 3 is 2.00 bits per heavy atom. The lowest BCUT2D eigenvalue weighted by molar-refractivity contribution is -0.134. The van der Waals surface area contributed by atoms with E-state index in [1.54, 1.807) is 12.1 Å². The zero-order chi connectivity index (χ0) is 11.7. The van der Waals surface area contributed by atoms with Crippen molar-refractivity contribution in [3.8, 4) is 0 Å². The normalized spacial score (nSPS) is 26.0. The molecule has 1 fully saturated rings. The number of carbonyl (C=O) groups excluding carboxylic acids is 2. The van der Waals surface area contributed by atoms with Crippen molar-refractivity contribution in [3.05, 3.63) is 30.3 Å². The number of carbonyl (C=O) groups is 2. The van der Waals surface area contributed by atoms with Gasteiger partial charge in [-0.25, -0.2) is 0 Å². The van der Waals surface area contributed by atoms with Crippen LogP contribution in [0, 0.1) is 11.8 Å². The van der Waals surface area contributed by atoms with E-state index in [1.165, 1.54) is 4.90 Å². The van der Waals surface area contributed by atoms with Gasteiger partial charge >= 0.3 is 0 Å². The molecule has 1 aromatic carbocycles. The summed E-state index contributed by atoms with van der Waals surface area (Å²) in [7, 11) is 0. The van der Waals surface area contributed by atoms with E-state index in [4.69, 9.17) is 0 Å². The number of rotatable bonds is 1. The monoisotopic (exact) mass is 217 g/mol. The van der Waals surface area contributed by atoms with Crippen LogP contribution in [0.4, 0.5) is 5.69 Å². The molecule has 1 aromatic rings. The minimum atomic E-state index is -0.0886. The van der Waals surface area contributed by atoms with Crippen LogP contribution >= 0.6 is 0 Å². The van der Waals surface area contributed by atoms with Crippen molar-refractivity contribution in [3.63, 3.8) is 0 Å². The largest absolute Gasteiger partial charge is 0.274 e. The van der Waals surface area contributed by atoms with E-state index in [0.29, 0.717) is 12.1 Å². The fraction of sp³-hybridized carbons (Fsp3) is 0.385. The highest BCUT2D eigenvalue weighted by molar-refractivity contribution is 6.17. The van der Waals surface area contributed by atoms with Gasteiger partial charge < -0.3 is 0 Å². The molecule has 2 unspecified atom stereocenters. The van der Waals surface area contributed by atoms with Crippen molar-refractivity contribution >= 4 is 17.5 Å². The number of para-hydroxylation sites is 1. The van der Waals surface area contributed by atoms with E-state index in [2.05, 4.69) is 0 Å². The van der Waals surface area contributed by atoms with Crippen LogP contribution in [0.5, 0.6) is 0 Å². The molecule has 0 bridgehead atoms. The molecule has 0 N–H and O–H groups in total. The van der Waals surface area contributed by atoms with Crippen LogP contribution in [0.2, 0.25) is 0 Å². The van der Waals surface area contributed by atoms with Crippen LogP contribution in [-0.4, -0.2) is 11.8 Å². The lowest BCUT2D eigenvalue weighted by Crippen LogP contribution is -2.48. The SMILES string of the molecule is CC1CC(C)C(=O)N(c2ccccc2)C1=O. The molecule has 1 aliphatic heterocycles. The number of imide groups is 1. The molecule has 0 radical (unpaired) electrons. The fourth-order valence-electron chi connectivity index (χ4n) is 2.11. The third kappa shape index (κ3) is 1.73. The van der Waals surface area contributed by atoms with Gasteiger partial charge in [0.15, 0.2) is 0 Å². The predicted octanol–water partition coefficient (Wildman–Crippen LogP) is 2.22. The maximum Gasteiger partial charge on any atom is 0.236 e. The van der Waals surface area contributed by atoms with Crippen LogP contribution in [-0.2, 0) is 9.59 Å². The first kappa shape index (κ1) is 10.9. The number of hydrogen-bond donors (Lipinski definition) is 0. The summed E-state index contributed by atoms with van der Waals surface area (Å²) in [6, 6.07) is 9.12. The maximum atomic E-state index is 12.0. The molecule has 0 spiro atoms. The van der Waals surface area contributed by atoms with E-state index in [9.17, 15) is 9.59 Å². The van der Waals surface area contributed by atoms with Crippen molar-refractivity contribution in [1.82, 2.24) is 0 Å². The second-order valence-corrected chi connectivity index (χ2v) is 4.39. The Bertz CT molecular complexity index is 393. The van der Waals surface area contributed by atoms with Crippen LogP contribution < -0.4 is 4.90 Å². The highest BCUT2D eigenvalue weighted by Gasteiger charge is 2.37. The maximum absolute atomic E-state index is 12.0. The smallest absolute Gasteiger partial charge is 0.236 e. The zero-order valence-electron chi connectivity index (χ0n) is 9.51. The molecule has 1 heterocycles. The van der Waals surface area contributed by atoms with E-state index >= 15 is 0 Å². The third-order valence-corrected chi connectivity index (χ3v) is 3.01. The second-order valence-electron chi connectivity index (χ2n) is 4.39. The standard InChI is InChI=1S/C13H15NO2/c1-9-8-10(2)13(16)14(12(9)15)11-6-4-3-5-7-11/h3-7,9-10H,8H2,1-2H3. The molecule has 2 rings (SSSR count). The number of amides is 2. The van der Waals surface area contributed by atoms with Crippen molar-refractivity contribution in [2.45, 2.75) is 20.3 Å². The summed E-state index contributed by atoms with van der Waals surface area (Å²) in [5, 5.41) is 0. The average molecular weight is 217 g/mol. The summed E-state index contributed by atoms with van der Waals surface area (Å²) in [6.45, 7) is 3.75. The Kier molecular flexibility index (Phi) is 2.77. The van der Waals surface area contributed by atoms with Gasteiger partial charge in [0, 0.05) is 11.8 Å². The molecule has 16 heavy (non-hydrogen) atoms. The minimum Gasteiger partial charge on any atom is -0.274 e. The van der Waals surface area contributed by atoms with Crippen molar-refractivity contribution in [1.29, 1.82) is 0 Å². The molecule has 84 valence electrons. The van der Waals surface area contributed by atoms with Gasteiger partial charge in [-0.3, -0.25) is 14.5 Å². The molecular formula is C13H15NO2. The van der Waals surface area contributed by atoms with Gasteiger partial charge in [-0.05, 0) is 18.6 Å². The second kappa shape index (κ2) is 4.08. The van der Waals surface area contributed by atoms with Crippen molar-refractivity contribution in [2.24, 2.45) is 11.8 Å². The van der Waals surface area contributed by atoms with Gasteiger partial charge in [-0.15, -0.1) is 0 Å². The molecule has 0 aromatic heterocycles. The number of piperidine rings is 1. The topological polar surface area (TPSA) is 37.4 Å². The molecule has 3 nitrogen and oxygen atoms in total. The summed E-state index contributed by atoms with van der Waals surface area (Å²) >= 11 is 0. The number of nitrogens with zero attached hydrogens (tertiary/aromatic N) is 1. The first-order valence-corrected chi connectivity index (χ1v) is 5.54. The highest BCUT2D eigenvalue weighted by Crippen LogP contribution is 2.28. The van der Waals surface area contributed by atoms with E-state index < -0.39 is 0 Å². The molecule has 1 aliphatic rings. The summed E-state index contributed by atoms with van der Waals surface area (Å²) in [4.78, 5) is 25.3. The summed E-state index contributed by atoms with van der Waals surface area (Å²) < 4.78 is 0. The van der Waals surface area contributed by atoms with Crippen LogP contribution in [0.15, 0.2) is 30.3 Å². The predicted molar refractivity (Wildman–Crippen MR) is 61.9 cm³/mol. The lowest BCUT2D eigenvalue weighted by Gasteiger charge is -2.32. The molecule has 0 saturated carbocycles. The molecule has 1 saturated heterocycles. The number of anilines is 1. The summed E-state index contributed by atoms with van der Waals surface area (Å²) in [5.41, 5.74) is 0.677. The number of benzene rings is 1. The van der Waals surface area contributed by atoms with Gasteiger partial charge in [-0.1, -0.05) is 32.0 Å². The van der Waals surface area contributed by atoms with Gasteiger partial charge in [0.25, 0.3) is 0 Å².